The lowest BCUT2D eigenvalue weighted by molar-refractivity contribution is 0.942. The lowest BCUT2D eigenvalue weighted by Gasteiger charge is -2.05. The average Bonchev–Trinajstić information content (AvgIpc) is 2.29. The molecule has 2 N–H and O–H groups in total. The van der Waals surface area contributed by atoms with Crippen molar-refractivity contribution in [2.24, 2.45) is 0 Å². The Morgan fingerprint density at radius 2 is 2.40 bits per heavy atom. The van der Waals surface area contributed by atoms with E-state index in [9.17, 15) is 0 Å². The maximum atomic E-state index is 4.94. The molecular weight excluding hydrogens is 228 g/mol. The molecule has 15 heavy (non-hydrogen) atoms. The molecule has 0 saturated carbocycles. The molecule has 0 unspecified atom stereocenters. The molecule has 0 atom stereocenters. The maximum absolute atomic E-state index is 4.94. The molecule has 0 aliphatic carbocycles. The Bertz CT molecular complexity index is 291. The highest BCUT2D eigenvalue weighted by atomic mass is 32.2. The molecule has 1 aromatic rings. The van der Waals surface area contributed by atoms with E-state index in [2.05, 4.69) is 20.6 Å². The number of nitrogens with zero attached hydrogens (tertiary/aromatic N) is 2. The standard InChI is InChI=1S/C9H14N4S2/c1-10-9(14)13-4-5-15-7-8-6-11-2-3-12-8/h2-3,6H,4-5,7H2,1H3,(H2,10,13,14). The number of rotatable bonds is 5. The molecule has 1 heterocycles. The SMILES string of the molecule is CNC(=S)NCCSCc1cnccn1. The Morgan fingerprint density at radius 1 is 1.53 bits per heavy atom. The van der Waals surface area contributed by atoms with E-state index in [0.717, 1.165) is 23.7 Å². The van der Waals surface area contributed by atoms with Crippen LogP contribution < -0.4 is 10.6 Å². The molecule has 0 aliphatic heterocycles. The summed E-state index contributed by atoms with van der Waals surface area (Å²) in [5.74, 6) is 1.89. The first-order valence-electron chi connectivity index (χ1n) is 4.61. The second-order valence-electron chi connectivity index (χ2n) is 2.76. The van der Waals surface area contributed by atoms with Gasteiger partial charge in [-0.25, -0.2) is 0 Å². The van der Waals surface area contributed by atoms with Gasteiger partial charge in [0.25, 0.3) is 0 Å². The largest absolute Gasteiger partial charge is 0.366 e. The summed E-state index contributed by atoms with van der Waals surface area (Å²) in [6.07, 6.45) is 5.18. The normalized spacial score (nSPS) is 9.67. The van der Waals surface area contributed by atoms with Crippen molar-refractivity contribution in [2.45, 2.75) is 5.75 Å². The number of hydrogen-bond acceptors (Lipinski definition) is 4. The summed E-state index contributed by atoms with van der Waals surface area (Å²) in [5.41, 5.74) is 1.01. The predicted molar refractivity (Wildman–Crippen MR) is 67.9 cm³/mol. The van der Waals surface area contributed by atoms with Crippen molar-refractivity contribution in [1.82, 2.24) is 20.6 Å². The molecule has 0 bridgehead atoms. The zero-order valence-electron chi connectivity index (χ0n) is 8.56. The van der Waals surface area contributed by atoms with Crippen molar-refractivity contribution < 1.29 is 0 Å². The molecular formula is C9H14N4S2. The van der Waals surface area contributed by atoms with Crippen molar-refractivity contribution in [1.29, 1.82) is 0 Å². The number of thiocarbonyl (C=S) groups is 1. The first kappa shape index (κ1) is 12.2. The van der Waals surface area contributed by atoms with E-state index in [1.54, 1.807) is 30.4 Å². The van der Waals surface area contributed by atoms with Crippen LogP contribution in [-0.4, -0.2) is 34.4 Å². The van der Waals surface area contributed by atoms with Crippen LogP contribution in [0.4, 0.5) is 0 Å². The molecule has 6 heteroatoms. The van der Waals surface area contributed by atoms with Crippen molar-refractivity contribution >= 4 is 29.1 Å². The monoisotopic (exact) mass is 242 g/mol. The summed E-state index contributed by atoms with van der Waals surface area (Å²) in [6, 6.07) is 0. The number of nitrogens with one attached hydrogen (secondary N) is 2. The molecule has 0 saturated heterocycles. The van der Waals surface area contributed by atoms with Crippen LogP contribution in [0.25, 0.3) is 0 Å². The lowest BCUT2D eigenvalue weighted by atomic mass is 10.5. The minimum Gasteiger partial charge on any atom is -0.366 e. The van der Waals surface area contributed by atoms with Crippen LogP contribution in [0.3, 0.4) is 0 Å². The van der Waals surface area contributed by atoms with E-state index in [-0.39, 0.29) is 0 Å². The van der Waals surface area contributed by atoms with Gasteiger partial charge in [0.1, 0.15) is 0 Å². The van der Waals surface area contributed by atoms with Gasteiger partial charge in [0, 0.05) is 43.7 Å². The fourth-order valence-corrected chi connectivity index (χ4v) is 1.76. The van der Waals surface area contributed by atoms with Crippen LogP contribution in [0.2, 0.25) is 0 Å². The van der Waals surface area contributed by atoms with Crippen LogP contribution in [0, 0.1) is 0 Å². The van der Waals surface area contributed by atoms with Gasteiger partial charge >= 0.3 is 0 Å². The van der Waals surface area contributed by atoms with Gasteiger partial charge < -0.3 is 10.6 Å². The smallest absolute Gasteiger partial charge is 0.166 e. The molecule has 0 aromatic carbocycles. The second-order valence-corrected chi connectivity index (χ2v) is 4.27. The molecule has 0 aliphatic rings. The summed E-state index contributed by atoms with van der Waals surface area (Å²) in [7, 11) is 1.81. The third-order valence-electron chi connectivity index (χ3n) is 1.63. The minimum atomic E-state index is 0.690. The van der Waals surface area contributed by atoms with Crippen LogP contribution in [0.15, 0.2) is 18.6 Å². The maximum Gasteiger partial charge on any atom is 0.166 e. The van der Waals surface area contributed by atoms with E-state index in [0.29, 0.717) is 5.11 Å². The molecule has 0 fully saturated rings. The zero-order chi connectivity index (χ0) is 10.9. The zero-order valence-corrected chi connectivity index (χ0v) is 10.2. The van der Waals surface area contributed by atoms with Crippen LogP contribution in [-0.2, 0) is 5.75 Å². The molecule has 1 rings (SSSR count). The molecule has 0 radical (unpaired) electrons. The third kappa shape index (κ3) is 5.54. The summed E-state index contributed by atoms with van der Waals surface area (Å²) in [4.78, 5) is 8.19. The van der Waals surface area contributed by atoms with Gasteiger partial charge in [-0.3, -0.25) is 9.97 Å². The van der Waals surface area contributed by atoms with Gasteiger partial charge in [0.2, 0.25) is 0 Å². The third-order valence-corrected chi connectivity index (χ3v) is 2.97. The van der Waals surface area contributed by atoms with E-state index in [1.807, 2.05) is 7.05 Å². The summed E-state index contributed by atoms with van der Waals surface area (Å²) >= 11 is 6.75. The fourth-order valence-electron chi connectivity index (χ4n) is 0.906. The number of aromatic nitrogens is 2. The highest BCUT2D eigenvalue weighted by molar-refractivity contribution is 7.98. The van der Waals surface area contributed by atoms with Crippen molar-refractivity contribution in [3.05, 3.63) is 24.3 Å². The predicted octanol–water partition coefficient (Wildman–Crippen LogP) is 0.804. The lowest BCUT2D eigenvalue weighted by Crippen LogP contribution is -2.33. The quantitative estimate of drug-likeness (QED) is 0.588. The topological polar surface area (TPSA) is 49.8 Å². The van der Waals surface area contributed by atoms with Crippen molar-refractivity contribution in [2.75, 3.05) is 19.3 Å². The van der Waals surface area contributed by atoms with Crippen LogP contribution in [0.1, 0.15) is 5.69 Å². The van der Waals surface area contributed by atoms with E-state index < -0.39 is 0 Å². The van der Waals surface area contributed by atoms with Gasteiger partial charge in [-0.2, -0.15) is 11.8 Å². The first-order valence-corrected chi connectivity index (χ1v) is 6.17. The Balaban J connectivity index is 2.05. The van der Waals surface area contributed by atoms with Gasteiger partial charge in [-0.15, -0.1) is 0 Å². The Labute approximate surface area is 99.3 Å². The van der Waals surface area contributed by atoms with Crippen molar-refractivity contribution in [3.8, 4) is 0 Å². The van der Waals surface area contributed by atoms with Gasteiger partial charge in [0.05, 0.1) is 5.69 Å². The minimum absolute atomic E-state index is 0.690. The van der Waals surface area contributed by atoms with E-state index in [1.165, 1.54) is 0 Å². The highest BCUT2D eigenvalue weighted by Gasteiger charge is 1.95. The van der Waals surface area contributed by atoms with E-state index in [4.69, 9.17) is 12.2 Å². The molecule has 0 amide bonds. The Hall–Kier alpha value is -0.880. The molecule has 4 nitrogen and oxygen atoms in total. The molecule has 0 spiro atoms. The van der Waals surface area contributed by atoms with Gasteiger partial charge in [-0.1, -0.05) is 0 Å². The Morgan fingerprint density at radius 3 is 3.07 bits per heavy atom. The second kappa shape index (κ2) is 7.42. The number of hydrogen-bond donors (Lipinski definition) is 2. The molecule has 1 aromatic heterocycles. The summed E-state index contributed by atoms with van der Waals surface area (Å²) in [5, 5.41) is 6.63. The summed E-state index contributed by atoms with van der Waals surface area (Å²) in [6.45, 7) is 0.866. The average molecular weight is 242 g/mol. The van der Waals surface area contributed by atoms with Crippen LogP contribution >= 0.6 is 24.0 Å². The first-order chi connectivity index (χ1) is 7.33. The number of thioether (sulfide) groups is 1. The van der Waals surface area contributed by atoms with E-state index >= 15 is 0 Å². The van der Waals surface area contributed by atoms with Gasteiger partial charge in [0.15, 0.2) is 5.11 Å². The Kier molecular flexibility index (Phi) is 6.03. The highest BCUT2D eigenvalue weighted by Crippen LogP contribution is 2.06. The van der Waals surface area contributed by atoms with Crippen molar-refractivity contribution in [3.63, 3.8) is 0 Å². The fraction of sp³-hybridized carbons (Fsp3) is 0.444. The summed E-state index contributed by atoms with van der Waals surface area (Å²) < 4.78 is 0. The van der Waals surface area contributed by atoms with Crippen LogP contribution in [0.5, 0.6) is 0 Å². The molecule has 82 valence electrons. The van der Waals surface area contributed by atoms with Gasteiger partial charge in [-0.05, 0) is 12.2 Å².